The molecule has 0 aromatic carbocycles. The zero-order valence-electron chi connectivity index (χ0n) is 9.25. The lowest BCUT2D eigenvalue weighted by molar-refractivity contribution is -0.132. The van der Waals surface area contributed by atoms with Gasteiger partial charge in [-0.2, -0.15) is 0 Å². The van der Waals surface area contributed by atoms with E-state index in [1.165, 1.54) is 0 Å². The van der Waals surface area contributed by atoms with E-state index in [0.717, 1.165) is 19.3 Å². The van der Waals surface area contributed by atoms with Crippen molar-refractivity contribution < 1.29 is 14.6 Å². The molecule has 1 atom stereocenters. The van der Waals surface area contributed by atoms with Gasteiger partial charge in [0.15, 0.2) is 0 Å². The van der Waals surface area contributed by atoms with Gasteiger partial charge in [-0.1, -0.05) is 20.3 Å². The molecule has 1 N–H and O–H groups in total. The first-order chi connectivity index (χ1) is 6.61. The van der Waals surface area contributed by atoms with E-state index in [1.807, 2.05) is 6.92 Å². The van der Waals surface area contributed by atoms with Crippen molar-refractivity contribution in [3.05, 3.63) is 11.6 Å². The summed E-state index contributed by atoms with van der Waals surface area (Å²) in [5, 5.41) is 8.67. The van der Waals surface area contributed by atoms with Crippen LogP contribution in [-0.4, -0.2) is 23.8 Å². The molecule has 0 saturated carbocycles. The third kappa shape index (κ3) is 5.75. The van der Waals surface area contributed by atoms with Gasteiger partial charge in [-0.15, -0.1) is 0 Å². The highest BCUT2D eigenvalue weighted by molar-refractivity contribution is 5.85. The van der Waals surface area contributed by atoms with E-state index in [0.29, 0.717) is 12.2 Å². The molecule has 0 saturated heterocycles. The average Bonchev–Trinajstić information content (AvgIpc) is 2.16. The van der Waals surface area contributed by atoms with Crippen molar-refractivity contribution in [2.75, 3.05) is 6.61 Å². The molecule has 0 amide bonds. The van der Waals surface area contributed by atoms with Gasteiger partial charge in [-0.05, 0) is 25.8 Å². The SMILES string of the molecule is CCCCOC(C=C(C)C(=O)O)CC. The molecule has 3 nitrogen and oxygen atoms in total. The van der Waals surface area contributed by atoms with E-state index < -0.39 is 5.97 Å². The zero-order valence-corrected chi connectivity index (χ0v) is 9.25. The molecule has 14 heavy (non-hydrogen) atoms. The molecule has 0 bridgehead atoms. The predicted molar refractivity (Wildman–Crippen MR) is 56.3 cm³/mol. The van der Waals surface area contributed by atoms with Crippen molar-refractivity contribution in [1.29, 1.82) is 0 Å². The number of carboxylic acids is 1. The molecule has 0 spiro atoms. The Kier molecular flexibility index (Phi) is 7.11. The van der Waals surface area contributed by atoms with E-state index in [1.54, 1.807) is 13.0 Å². The maximum Gasteiger partial charge on any atom is 0.331 e. The Hall–Kier alpha value is -0.830. The summed E-state index contributed by atoms with van der Waals surface area (Å²) in [4.78, 5) is 10.6. The minimum atomic E-state index is -0.873. The molecule has 0 aromatic heterocycles. The average molecular weight is 200 g/mol. The van der Waals surface area contributed by atoms with Crippen LogP contribution in [0.2, 0.25) is 0 Å². The maximum absolute atomic E-state index is 10.6. The predicted octanol–water partition coefficient (Wildman–Crippen LogP) is 2.61. The van der Waals surface area contributed by atoms with Crippen molar-refractivity contribution in [3.63, 3.8) is 0 Å². The van der Waals surface area contributed by atoms with E-state index >= 15 is 0 Å². The van der Waals surface area contributed by atoms with Gasteiger partial charge in [-0.3, -0.25) is 0 Å². The van der Waals surface area contributed by atoms with Gasteiger partial charge in [0.2, 0.25) is 0 Å². The van der Waals surface area contributed by atoms with Crippen LogP contribution in [0.3, 0.4) is 0 Å². The fourth-order valence-corrected chi connectivity index (χ4v) is 1.01. The van der Waals surface area contributed by atoms with E-state index in [2.05, 4.69) is 6.92 Å². The van der Waals surface area contributed by atoms with Crippen LogP contribution < -0.4 is 0 Å². The van der Waals surface area contributed by atoms with Gasteiger partial charge in [-0.25, -0.2) is 4.79 Å². The number of ether oxygens (including phenoxy) is 1. The van der Waals surface area contributed by atoms with E-state index in [4.69, 9.17) is 9.84 Å². The second-order valence-electron chi connectivity index (χ2n) is 3.33. The molecule has 0 aliphatic rings. The van der Waals surface area contributed by atoms with Gasteiger partial charge >= 0.3 is 5.97 Å². The molecule has 0 rings (SSSR count). The summed E-state index contributed by atoms with van der Waals surface area (Å²) in [7, 11) is 0. The van der Waals surface area contributed by atoms with Gasteiger partial charge in [0, 0.05) is 12.2 Å². The van der Waals surface area contributed by atoms with Crippen molar-refractivity contribution >= 4 is 5.97 Å². The Morgan fingerprint density at radius 2 is 2.14 bits per heavy atom. The second kappa shape index (κ2) is 7.56. The number of carboxylic acid groups (broad SMARTS) is 1. The van der Waals surface area contributed by atoms with Crippen LogP contribution in [0.1, 0.15) is 40.0 Å². The monoisotopic (exact) mass is 200 g/mol. The largest absolute Gasteiger partial charge is 0.478 e. The molecule has 1 unspecified atom stereocenters. The Bertz CT molecular complexity index is 197. The van der Waals surface area contributed by atoms with Crippen molar-refractivity contribution in [1.82, 2.24) is 0 Å². The third-order valence-corrected chi connectivity index (χ3v) is 2.01. The topological polar surface area (TPSA) is 46.5 Å². The van der Waals surface area contributed by atoms with Gasteiger partial charge in [0.25, 0.3) is 0 Å². The lowest BCUT2D eigenvalue weighted by atomic mass is 10.2. The highest BCUT2D eigenvalue weighted by Gasteiger charge is 2.06. The first-order valence-electron chi connectivity index (χ1n) is 5.15. The summed E-state index contributed by atoms with van der Waals surface area (Å²) < 4.78 is 5.51. The van der Waals surface area contributed by atoms with Crippen LogP contribution in [0.25, 0.3) is 0 Å². The Balaban J connectivity index is 4.01. The van der Waals surface area contributed by atoms with Crippen LogP contribution >= 0.6 is 0 Å². The lowest BCUT2D eigenvalue weighted by Crippen LogP contribution is -2.12. The maximum atomic E-state index is 10.6. The number of rotatable bonds is 7. The van der Waals surface area contributed by atoms with Crippen LogP contribution in [0.5, 0.6) is 0 Å². The highest BCUT2D eigenvalue weighted by atomic mass is 16.5. The molecule has 0 aliphatic carbocycles. The number of carbonyl (C=O) groups is 1. The minimum Gasteiger partial charge on any atom is -0.478 e. The molecule has 0 heterocycles. The summed E-state index contributed by atoms with van der Waals surface area (Å²) in [5.74, 6) is -0.873. The lowest BCUT2D eigenvalue weighted by Gasteiger charge is -2.12. The Morgan fingerprint density at radius 3 is 2.57 bits per heavy atom. The standard InChI is InChI=1S/C11H20O3/c1-4-6-7-14-10(5-2)8-9(3)11(12)13/h8,10H,4-7H2,1-3H3,(H,12,13). The van der Waals surface area contributed by atoms with Crippen molar-refractivity contribution in [3.8, 4) is 0 Å². The van der Waals surface area contributed by atoms with Crippen molar-refractivity contribution in [2.24, 2.45) is 0 Å². The fourth-order valence-electron chi connectivity index (χ4n) is 1.01. The summed E-state index contributed by atoms with van der Waals surface area (Å²) in [6.45, 7) is 6.39. The van der Waals surface area contributed by atoms with Crippen LogP contribution in [0.15, 0.2) is 11.6 Å². The fraction of sp³-hybridized carbons (Fsp3) is 0.727. The summed E-state index contributed by atoms with van der Waals surface area (Å²) in [6.07, 6.45) is 4.55. The molecule has 0 aromatic rings. The molecular formula is C11H20O3. The normalized spacial score (nSPS) is 14.1. The van der Waals surface area contributed by atoms with Gasteiger partial charge < -0.3 is 9.84 Å². The third-order valence-electron chi connectivity index (χ3n) is 2.01. The van der Waals surface area contributed by atoms with Crippen LogP contribution in [0.4, 0.5) is 0 Å². The van der Waals surface area contributed by atoms with Gasteiger partial charge in [0.05, 0.1) is 6.10 Å². The Labute approximate surface area is 85.8 Å². The summed E-state index contributed by atoms with van der Waals surface area (Å²) in [6, 6.07) is 0. The highest BCUT2D eigenvalue weighted by Crippen LogP contribution is 2.05. The molecule has 3 heteroatoms. The Morgan fingerprint density at radius 1 is 1.50 bits per heavy atom. The smallest absolute Gasteiger partial charge is 0.331 e. The van der Waals surface area contributed by atoms with Gasteiger partial charge in [0.1, 0.15) is 0 Å². The molecule has 0 aliphatic heterocycles. The van der Waals surface area contributed by atoms with Crippen LogP contribution in [-0.2, 0) is 9.53 Å². The quantitative estimate of drug-likeness (QED) is 0.507. The number of aliphatic carboxylic acids is 1. The first-order valence-corrected chi connectivity index (χ1v) is 5.15. The van der Waals surface area contributed by atoms with Crippen molar-refractivity contribution in [2.45, 2.75) is 46.1 Å². The minimum absolute atomic E-state index is 0.0577. The number of hydrogen-bond acceptors (Lipinski definition) is 2. The molecular weight excluding hydrogens is 180 g/mol. The summed E-state index contributed by atoms with van der Waals surface area (Å²) >= 11 is 0. The zero-order chi connectivity index (χ0) is 11.0. The molecule has 82 valence electrons. The van der Waals surface area contributed by atoms with E-state index in [9.17, 15) is 4.79 Å². The molecule has 0 fully saturated rings. The second-order valence-corrected chi connectivity index (χ2v) is 3.33. The first kappa shape index (κ1) is 13.2. The molecule has 0 radical (unpaired) electrons. The number of unbranched alkanes of at least 4 members (excludes halogenated alkanes) is 1. The summed E-state index contributed by atoms with van der Waals surface area (Å²) in [5.41, 5.74) is 0.355. The number of hydrogen-bond donors (Lipinski definition) is 1. The van der Waals surface area contributed by atoms with Crippen LogP contribution in [0, 0.1) is 0 Å². The van der Waals surface area contributed by atoms with E-state index in [-0.39, 0.29) is 6.10 Å².